The van der Waals surface area contributed by atoms with Crippen molar-refractivity contribution in [3.05, 3.63) is 12.7 Å². The number of ether oxygens (including phenoxy) is 1. The van der Waals surface area contributed by atoms with E-state index in [4.69, 9.17) is 14.9 Å². The van der Waals surface area contributed by atoms with Crippen LogP contribution in [0.5, 0.6) is 0 Å². The number of hydrogen-bond donors (Lipinski definition) is 1. The summed E-state index contributed by atoms with van der Waals surface area (Å²) in [5, 5.41) is 0. The smallest absolute Gasteiger partial charge is 0.246 e. The Morgan fingerprint density at radius 2 is 1.92 bits per heavy atom. The third-order valence-corrected chi connectivity index (χ3v) is 6.14. The molecule has 2 aromatic heterocycles. The van der Waals surface area contributed by atoms with Gasteiger partial charge in [-0.2, -0.15) is 0 Å². The number of aromatic nitrogens is 4. The van der Waals surface area contributed by atoms with Crippen molar-refractivity contribution in [1.29, 1.82) is 0 Å². The van der Waals surface area contributed by atoms with Gasteiger partial charge in [-0.05, 0) is 12.3 Å². The lowest BCUT2D eigenvalue weighted by molar-refractivity contribution is -0.435. The first-order valence-corrected chi connectivity index (χ1v) is 8.35. The Bertz CT molecular complexity index is 784. The molecule has 1 saturated heterocycles. The zero-order chi connectivity index (χ0) is 18.0. The molecule has 0 bridgehead atoms. The molecular weight excluding hydrogens is 322 g/mol. The third-order valence-electron chi connectivity index (χ3n) is 5.99. The van der Waals surface area contributed by atoms with Crippen LogP contribution in [0.1, 0.15) is 41.5 Å². The van der Waals surface area contributed by atoms with Crippen molar-refractivity contribution in [1.82, 2.24) is 19.5 Å². The zero-order valence-electron chi connectivity index (χ0n) is 15.0. The third kappa shape index (κ3) is 1.87. The van der Waals surface area contributed by atoms with Gasteiger partial charge in [-0.3, -0.25) is 4.57 Å². The molecular formula is C16H24N5O2Si. The molecule has 0 saturated carbocycles. The van der Waals surface area contributed by atoms with E-state index in [1.54, 1.807) is 6.33 Å². The molecule has 3 heterocycles. The average molecular weight is 346 g/mol. The van der Waals surface area contributed by atoms with E-state index in [2.05, 4.69) is 67.0 Å². The fraction of sp³-hybridized carbons (Fsp3) is 0.688. The van der Waals surface area contributed by atoms with Gasteiger partial charge >= 0.3 is 0 Å². The average Bonchev–Trinajstić information content (AvgIpc) is 2.90. The molecule has 0 amide bonds. The van der Waals surface area contributed by atoms with E-state index in [1.807, 2.05) is 4.57 Å². The van der Waals surface area contributed by atoms with Gasteiger partial charge in [0, 0.05) is 5.41 Å². The number of anilines is 1. The lowest BCUT2D eigenvalue weighted by atomic mass is 9.53. The fourth-order valence-electron chi connectivity index (χ4n) is 3.85. The normalized spacial score (nSPS) is 29.6. The van der Waals surface area contributed by atoms with Crippen molar-refractivity contribution < 1.29 is 9.16 Å². The molecule has 3 rings (SSSR count). The van der Waals surface area contributed by atoms with E-state index in [0.717, 1.165) is 0 Å². The molecule has 0 unspecified atom stereocenters. The molecule has 3 radical (unpaired) electrons. The summed E-state index contributed by atoms with van der Waals surface area (Å²) < 4.78 is 13.9. The minimum atomic E-state index is -0.758. The van der Waals surface area contributed by atoms with E-state index in [9.17, 15) is 0 Å². The van der Waals surface area contributed by atoms with Gasteiger partial charge in [-0.25, -0.2) is 15.0 Å². The van der Waals surface area contributed by atoms with Gasteiger partial charge in [0.1, 0.15) is 11.8 Å². The summed E-state index contributed by atoms with van der Waals surface area (Å²) >= 11 is 0. The Balaban J connectivity index is 2.20. The van der Waals surface area contributed by atoms with Crippen LogP contribution in [0.2, 0.25) is 0 Å². The zero-order valence-corrected chi connectivity index (χ0v) is 16.0. The SMILES string of the molecule is CC(C)(C)[C@]1(C)O[C@](CO[Si])(n2cnc3c(N)ncnc32)C1(C)C. The molecule has 2 aromatic rings. The Morgan fingerprint density at radius 1 is 1.25 bits per heavy atom. The Morgan fingerprint density at radius 3 is 2.46 bits per heavy atom. The van der Waals surface area contributed by atoms with Crippen LogP contribution in [0.25, 0.3) is 11.2 Å². The molecule has 8 heteroatoms. The van der Waals surface area contributed by atoms with Gasteiger partial charge in [-0.15, -0.1) is 0 Å². The molecule has 1 aliphatic rings. The predicted molar refractivity (Wildman–Crippen MR) is 92.1 cm³/mol. The molecule has 2 N–H and O–H groups in total. The Kier molecular flexibility index (Phi) is 3.60. The molecule has 129 valence electrons. The molecule has 24 heavy (non-hydrogen) atoms. The quantitative estimate of drug-likeness (QED) is 0.856. The van der Waals surface area contributed by atoms with Crippen LogP contribution in [0, 0.1) is 10.8 Å². The highest BCUT2D eigenvalue weighted by Crippen LogP contribution is 2.66. The topological polar surface area (TPSA) is 88.1 Å². The monoisotopic (exact) mass is 346 g/mol. The van der Waals surface area contributed by atoms with Crippen LogP contribution >= 0.6 is 0 Å². The van der Waals surface area contributed by atoms with Gasteiger partial charge in [0.05, 0.1) is 18.5 Å². The lowest BCUT2D eigenvalue weighted by Crippen LogP contribution is -2.78. The number of nitrogens with two attached hydrogens (primary N) is 1. The van der Waals surface area contributed by atoms with Crippen LogP contribution < -0.4 is 5.73 Å². The van der Waals surface area contributed by atoms with E-state index < -0.39 is 5.72 Å². The summed E-state index contributed by atoms with van der Waals surface area (Å²) in [5.41, 5.74) is 5.68. The van der Waals surface area contributed by atoms with Crippen LogP contribution in [0.15, 0.2) is 12.7 Å². The maximum Gasteiger partial charge on any atom is 0.246 e. The van der Waals surface area contributed by atoms with Crippen molar-refractivity contribution in [3.63, 3.8) is 0 Å². The summed E-state index contributed by atoms with van der Waals surface area (Å²) in [5.74, 6) is 0.351. The highest BCUT2D eigenvalue weighted by atomic mass is 28.2. The van der Waals surface area contributed by atoms with Crippen molar-refractivity contribution in [2.45, 2.75) is 52.9 Å². The van der Waals surface area contributed by atoms with Crippen molar-refractivity contribution >= 4 is 27.5 Å². The van der Waals surface area contributed by atoms with Crippen molar-refractivity contribution in [2.75, 3.05) is 12.3 Å². The minimum Gasteiger partial charge on any atom is -0.414 e. The minimum absolute atomic E-state index is 0.0594. The highest BCUT2D eigenvalue weighted by Gasteiger charge is 2.73. The number of nitrogen functional groups attached to an aromatic ring is 1. The predicted octanol–water partition coefficient (Wildman–Crippen LogP) is 2.02. The van der Waals surface area contributed by atoms with E-state index >= 15 is 0 Å². The van der Waals surface area contributed by atoms with Crippen molar-refractivity contribution in [3.8, 4) is 0 Å². The van der Waals surface area contributed by atoms with Crippen LogP contribution in [0.4, 0.5) is 5.82 Å². The first kappa shape index (κ1) is 17.3. The molecule has 7 nitrogen and oxygen atoms in total. The summed E-state index contributed by atoms with van der Waals surface area (Å²) in [6, 6.07) is 0. The largest absolute Gasteiger partial charge is 0.414 e. The summed E-state index contributed by atoms with van der Waals surface area (Å²) in [6.07, 6.45) is 3.14. The molecule has 1 fully saturated rings. The lowest BCUT2D eigenvalue weighted by Gasteiger charge is -2.71. The second-order valence-electron chi connectivity index (χ2n) is 8.13. The first-order valence-electron chi connectivity index (χ1n) is 7.94. The molecule has 1 aliphatic heterocycles. The van der Waals surface area contributed by atoms with Gasteiger partial charge in [0.25, 0.3) is 0 Å². The summed E-state index contributed by atoms with van der Waals surface area (Å²) in [6.45, 7) is 13.4. The molecule has 0 aliphatic carbocycles. The summed E-state index contributed by atoms with van der Waals surface area (Å²) in [7, 11) is 3.14. The number of rotatable bonds is 3. The van der Waals surface area contributed by atoms with Crippen molar-refractivity contribution in [2.24, 2.45) is 10.8 Å². The maximum absolute atomic E-state index is 6.59. The fourth-order valence-corrected chi connectivity index (χ4v) is 4.05. The second kappa shape index (κ2) is 5.00. The van der Waals surface area contributed by atoms with E-state index in [1.165, 1.54) is 6.33 Å². The number of imidazole rings is 1. The number of hydrogen-bond acceptors (Lipinski definition) is 6. The van der Waals surface area contributed by atoms with Crippen LogP contribution in [-0.2, 0) is 14.9 Å². The summed E-state index contributed by atoms with van der Waals surface area (Å²) in [4.78, 5) is 12.8. The maximum atomic E-state index is 6.59. The van der Waals surface area contributed by atoms with Gasteiger partial charge in [0.15, 0.2) is 17.2 Å². The number of nitrogens with zero attached hydrogens (tertiary/aromatic N) is 4. The highest BCUT2D eigenvalue weighted by molar-refractivity contribution is 5.98. The Labute approximate surface area is 145 Å². The molecule has 0 spiro atoms. The standard InChI is InChI=1S/C16H24N5O2Si/c1-13(2,3)15(6)14(4,5)16(23-15,7-22-24)21-9-20-10-11(17)18-8-19-12(10)21/h8-9H,7H2,1-6H3,(H2,17,18,19)/t15-,16-/m0/s1. The molecule has 0 aromatic carbocycles. The second-order valence-corrected chi connectivity index (χ2v) is 8.42. The van der Waals surface area contributed by atoms with Gasteiger partial charge < -0.3 is 14.9 Å². The number of fused-ring (bicyclic) bond motifs is 1. The van der Waals surface area contributed by atoms with Gasteiger partial charge in [-0.1, -0.05) is 34.6 Å². The van der Waals surface area contributed by atoms with Crippen LogP contribution in [-0.4, -0.2) is 42.2 Å². The Hall–Kier alpha value is -1.51. The van der Waals surface area contributed by atoms with E-state index in [-0.39, 0.29) is 16.4 Å². The van der Waals surface area contributed by atoms with Crippen LogP contribution in [0.3, 0.4) is 0 Å². The van der Waals surface area contributed by atoms with E-state index in [0.29, 0.717) is 23.6 Å². The first-order chi connectivity index (χ1) is 11.0. The molecule has 2 atom stereocenters. The van der Waals surface area contributed by atoms with Gasteiger partial charge in [0.2, 0.25) is 10.5 Å².